The number of carbonyl (C=O) groups excluding carboxylic acids is 3. The summed E-state index contributed by atoms with van der Waals surface area (Å²) in [5.41, 5.74) is 1.37. The quantitative estimate of drug-likeness (QED) is 0.408. The molecule has 8 nitrogen and oxygen atoms in total. The number of amides is 2. The number of carboxylic acid groups (broad SMARTS) is 1. The normalized spacial score (nSPS) is 21.2. The van der Waals surface area contributed by atoms with Gasteiger partial charge in [-0.05, 0) is 49.3 Å². The van der Waals surface area contributed by atoms with Gasteiger partial charge in [0.15, 0.2) is 5.78 Å². The molecule has 3 N–H and O–H groups in total. The van der Waals surface area contributed by atoms with Gasteiger partial charge in [0.05, 0.1) is 18.6 Å². The van der Waals surface area contributed by atoms with Gasteiger partial charge in [-0.15, -0.1) is 0 Å². The van der Waals surface area contributed by atoms with E-state index in [2.05, 4.69) is 10.6 Å². The average molecular weight is 534 g/mol. The summed E-state index contributed by atoms with van der Waals surface area (Å²) >= 11 is 0. The minimum absolute atomic E-state index is 0.128. The first-order valence-corrected chi connectivity index (χ1v) is 14.0. The number of benzene rings is 2. The molecule has 0 bridgehead atoms. The van der Waals surface area contributed by atoms with E-state index in [4.69, 9.17) is 0 Å². The van der Waals surface area contributed by atoms with Crippen molar-refractivity contribution in [1.29, 1.82) is 0 Å². The summed E-state index contributed by atoms with van der Waals surface area (Å²) in [5.74, 6) is -1.20. The van der Waals surface area contributed by atoms with Gasteiger partial charge >= 0.3 is 5.97 Å². The molecule has 1 aliphatic heterocycles. The third kappa shape index (κ3) is 7.53. The Morgan fingerprint density at radius 1 is 0.923 bits per heavy atom. The molecule has 1 aliphatic carbocycles. The lowest BCUT2D eigenvalue weighted by Crippen LogP contribution is -2.52. The fourth-order valence-corrected chi connectivity index (χ4v) is 5.93. The van der Waals surface area contributed by atoms with E-state index < -0.39 is 24.1 Å². The molecule has 39 heavy (non-hydrogen) atoms. The van der Waals surface area contributed by atoms with Crippen molar-refractivity contribution in [1.82, 2.24) is 15.5 Å². The molecule has 0 aromatic heterocycles. The third-order valence-electron chi connectivity index (χ3n) is 8.18. The lowest BCUT2D eigenvalue weighted by atomic mass is 9.79. The predicted molar refractivity (Wildman–Crippen MR) is 148 cm³/mol. The lowest BCUT2D eigenvalue weighted by Gasteiger charge is -2.28. The van der Waals surface area contributed by atoms with E-state index in [0.717, 1.165) is 31.2 Å². The molecule has 1 saturated carbocycles. The van der Waals surface area contributed by atoms with Crippen LogP contribution in [0, 0.1) is 11.8 Å². The maximum atomic E-state index is 13.3. The minimum Gasteiger partial charge on any atom is -0.480 e. The van der Waals surface area contributed by atoms with Crippen LogP contribution in [0.15, 0.2) is 60.7 Å². The number of hydrogen-bond donors (Lipinski definition) is 3. The van der Waals surface area contributed by atoms with E-state index in [0.29, 0.717) is 30.9 Å². The van der Waals surface area contributed by atoms with Crippen molar-refractivity contribution in [2.24, 2.45) is 11.8 Å². The van der Waals surface area contributed by atoms with E-state index >= 15 is 0 Å². The number of nitrogens with one attached hydrogen (secondary N) is 2. The molecule has 208 valence electrons. The number of aliphatic carboxylic acids is 1. The second-order valence-corrected chi connectivity index (χ2v) is 10.9. The topological polar surface area (TPSA) is 116 Å². The maximum absolute atomic E-state index is 13.3. The average Bonchev–Trinajstić information content (AvgIpc) is 3.42. The first-order chi connectivity index (χ1) is 18.8. The highest BCUT2D eigenvalue weighted by molar-refractivity contribution is 5.98. The van der Waals surface area contributed by atoms with E-state index in [1.807, 2.05) is 36.4 Å². The summed E-state index contributed by atoms with van der Waals surface area (Å²) in [6.07, 6.45) is 6.55. The Balaban J connectivity index is 1.38. The fourth-order valence-electron chi connectivity index (χ4n) is 5.93. The summed E-state index contributed by atoms with van der Waals surface area (Å²) < 4.78 is 0. The van der Waals surface area contributed by atoms with Gasteiger partial charge in [0.1, 0.15) is 6.04 Å². The zero-order valence-electron chi connectivity index (χ0n) is 22.6. The van der Waals surface area contributed by atoms with Gasteiger partial charge < -0.3 is 15.3 Å². The lowest BCUT2D eigenvalue weighted by molar-refractivity contribution is -0.148. The van der Waals surface area contributed by atoms with Gasteiger partial charge in [-0.2, -0.15) is 0 Å². The molecule has 8 heteroatoms. The Bertz CT molecular complexity index is 1130. The van der Waals surface area contributed by atoms with Crippen LogP contribution in [0.1, 0.15) is 61.4 Å². The molecule has 1 saturated heterocycles. The number of rotatable bonds is 11. The first-order valence-electron chi connectivity index (χ1n) is 14.0. The van der Waals surface area contributed by atoms with Crippen LogP contribution in [0.4, 0.5) is 0 Å². The number of carboxylic acids is 1. The van der Waals surface area contributed by atoms with Crippen LogP contribution < -0.4 is 10.6 Å². The minimum atomic E-state index is -0.975. The van der Waals surface area contributed by atoms with Crippen LogP contribution in [0.25, 0.3) is 0 Å². The zero-order valence-corrected chi connectivity index (χ0v) is 22.6. The molecule has 4 rings (SSSR count). The summed E-state index contributed by atoms with van der Waals surface area (Å²) in [5, 5.41) is 15.7. The Morgan fingerprint density at radius 3 is 2.21 bits per heavy atom. The van der Waals surface area contributed by atoms with Gasteiger partial charge in [0, 0.05) is 12.1 Å². The van der Waals surface area contributed by atoms with Gasteiger partial charge in [-0.1, -0.05) is 80.6 Å². The van der Waals surface area contributed by atoms with Crippen LogP contribution in [-0.4, -0.2) is 64.8 Å². The standard InChI is InChI=1S/C31H39N3O5/c1-21(30(37)34-20-25(18-27(34)31(38)39)23-13-7-3-8-14-23)32-19-28(35)26(17-22-11-5-2-6-12-22)33-29(36)24-15-9-4-10-16-24/h2,4-6,9-12,15-16,21,23,25-27,32H,3,7-8,13-14,17-20H2,1H3,(H,33,36)(H,38,39)/t21-,25?,26?,27-/m0/s1. The van der Waals surface area contributed by atoms with Gasteiger partial charge in [-0.25, -0.2) is 4.79 Å². The molecular weight excluding hydrogens is 494 g/mol. The Kier molecular flexibility index (Phi) is 9.87. The van der Waals surface area contributed by atoms with E-state index in [1.165, 1.54) is 11.3 Å². The molecule has 2 aromatic carbocycles. The molecule has 0 radical (unpaired) electrons. The van der Waals surface area contributed by atoms with Crippen molar-refractivity contribution >= 4 is 23.6 Å². The van der Waals surface area contributed by atoms with E-state index in [-0.39, 0.29) is 30.1 Å². The van der Waals surface area contributed by atoms with Crippen molar-refractivity contribution in [2.75, 3.05) is 13.1 Å². The van der Waals surface area contributed by atoms with Crippen molar-refractivity contribution < 1.29 is 24.3 Å². The van der Waals surface area contributed by atoms with Gasteiger partial charge in [0.25, 0.3) is 5.91 Å². The van der Waals surface area contributed by atoms with Crippen LogP contribution in [-0.2, 0) is 20.8 Å². The summed E-state index contributed by atoms with van der Waals surface area (Å²) in [7, 11) is 0. The molecular formula is C31H39N3O5. The monoisotopic (exact) mass is 533 g/mol. The number of carbonyl (C=O) groups is 4. The van der Waals surface area contributed by atoms with E-state index in [1.54, 1.807) is 31.2 Å². The second kappa shape index (κ2) is 13.5. The molecule has 1 heterocycles. The smallest absolute Gasteiger partial charge is 0.326 e. The van der Waals surface area contributed by atoms with E-state index in [9.17, 15) is 24.3 Å². The largest absolute Gasteiger partial charge is 0.480 e. The number of nitrogens with zero attached hydrogens (tertiary/aromatic N) is 1. The Labute approximate surface area is 230 Å². The maximum Gasteiger partial charge on any atom is 0.326 e. The van der Waals surface area contributed by atoms with Crippen molar-refractivity contribution in [3.05, 3.63) is 71.8 Å². The van der Waals surface area contributed by atoms with Crippen molar-refractivity contribution in [3.63, 3.8) is 0 Å². The van der Waals surface area contributed by atoms with Gasteiger partial charge in [-0.3, -0.25) is 19.7 Å². The van der Waals surface area contributed by atoms with Crippen molar-refractivity contribution in [2.45, 2.75) is 70.0 Å². The number of likely N-dealkylation sites (tertiary alicyclic amines) is 1. The number of hydrogen-bond acceptors (Lipinski definition) is 5. The first kappa shape index (κ1) is 28.5. The number of Topliss-reactive ketones (excluding diaryl/α,β-unsaturated/α-hetero) is 1. The Hall–Kier alpha value is -3.52. The van der Waals surface area contributed by atoms with Crippen molar-refractivity contribution in [3.8, 4) is 0 Å². The molecule has 0 spiro atoms. The molecule has 2 aliphatic rings. The van der Waals surface area contributed by atoms with Crippen LogP contribution in [0.5, 0.6) is 0 Å². The number of ketones is 1. The summed E-state index contributed by atoms with van der Waals surface area (Å²) in [6.45, 7) is 1.98. The highest BCUT2D eigenvalue weighted by Gasteiger charge is 2.43. The fraction of sp³-hybridized carbons (Fsp3) is 0.484. The van der Waals surface area contributed by atoms with Crippen LogP contribution >= 0.6 is 0 Å². The SMILES string of the molecule is C[C@H](NCC(=O)C(Cc1ccccc1)NC(=O)c1ccccc1)C(=O)N1CC(C2CCCCC2)C[C@H]1C(=O)O. The zero-order chi connectivity index (χ0) is 27.8. The molecule has 2 unspecified atom stereocenters. The third-order valence-corrected chi connectivity index (χ3v) is 8.18. The molecule has 2 amide bonds. The molecule has 2 fully saturated rings. The summed E-state index contributed by atoms with van der Waals surface area (Å²) in [6, 6.07) is 15.8. The summed E-state index contributed by atoms with van der Waals surface area (Å²) in [4.78, 5) is 53.0. The molecule has 4 atom stereocenters. The Morgan fingerprint density at radius 2 is 1.56 bits per heavy atom. The van der Waals surface area contributed by atoms with Gasteiger partial charge in [0.2, 0.25) is 5.91 Å². The highest BCUT2D eigenvalue weighted by Crippen LogP contribution is 2.37. The van der Waals surface area contributed by atoms with Crippen LogP contribution in [0.3, 0.4) is 0 Å². The highest BCUT2D eigenvalue weighted by atomic mass is 16.4. The predicted octanol–water partition coefficient (Wildman–Crippen LogP) is 3.46. The second-order valence-electron chi connectivity index (χ2n) is 10.9. The molecule has 2 aromatic rings. The van der Waals surface area contributed by atoms with Crippen LogP contribution in [0.2, 0.25) is 0 Å².